The second kappa shape index (κ2) is 8.67. The van der Waals surface area contributed by atoms with Crippen LogP contribution in [0.3, 0.4) is 0 Å². The van der Waals surface area contributed by atoms with Crippen molar-refractivity contribution < 1.29 is 9.21 Å². The summed E-state index contributed by atoms with van der Waals surface area (Å²) in [5.74, 6) is -0.215. The molecule has 0 fully saturated rings. The van der Waals surface area contributed by atoms with Gasteiger partial charge in [-0.2, -0.15) is 5.26 Å². The molecule has 148 valence electrons. The number of hydrogen-bond donors (Lipinski definition) is 2. The third kappa shape index (κ3) is 4.52. The number of rotatable bonds is 5. The first kappa shape index (κ1) is 20.1. The molecule has 0 radical (unpaired) electrons. The van der Waals surface area contributed by atoms with E-state index in [0.717, 1.165) is 11.0 Å². The number of amides is 1. The number of nitriles is 1. The van der Waals surface area contributed by atoms with E-state index in [1.165, 1.54) is 23.9 Å². The minimum atomic E-state index is -0.584. The highest BCUT2D eigenvalue weighted by Gasteiger charge is 2.13. The van der Waals surface area contributed by atoms with Crippen LogP contribution in [0.2, 0.25) is 10.0 Å². The summed E-state index contributed by atoms with van der Waals surface area (Å²) < 4.78 is 5.71. The summed E-state index contributed by atoms with van der Waals surface area (Å²) >= 11 is 13.1. The second-order valence-electron chi connectivity index (χ2n) is 6.07. The standard InChI is InChI=1S/C21H12Cl2N4O2S/c22-15-7-5-13(10-16(15)23)25-20(28)12(11-24)9-14-6-8-19(29-14)30-21-26-17-3-1-2-4-18(17)27-21/h1-10H,(H,25,28)(H,26,27)/b12-9-. The lowest BCUT2D eigenvalue weighted by molar-refractivity contribution is -0.112. The third-order valence-electron chi connectivity index (χ3n) is 4.00. The SMILES string of the molecule is N#C/C(=C/c1ccc(Sc2nc3ccccc3[nH]2)o1)C(=O)Nc1ccc(Cl)c(Cl)c1. The smallest absolute Gasteiger partial charge is 0.266 e. The number of imidazole rings is 1. The van der Waals surface area contributed by atoms with Gasteiger partial charge in [-0.3, -0.25) is 4.79 Å². The number of nitrogens with zero attached hydrogens (tertiary/aromatic N) is 2. The number of aromatic amines is 1. The summed E-state index contributed by atoms with van der Waals surface area (Å²) in [5, 5.41) is 13.9. The lowest BCUT2D eigenvalue weighted by atomic mass is 10.2. The maximum absolute atomic E-state index is 12.4. The Morgan fingerprint density at radius 1 is 1.17 bits per heavy atom. The monoisotopic (exact) mass is 454 g/mol. The van der Waals surface area contributed by atoms with Crippen molar-refractivity contribution in [1.82, 2.24) is 9.97 Å². The predicted molar refractivity (Wildman–Crippen MR) is 118 cm³/mol. The first-order valence-electron chi connectivity index (χ1n) is 8.62. The number of para-hydroxylation sites is 2. The Bertz CT molecular complexity index is 1290. The maximum atomic E-state index is 12.4. The highest BCUT2D eigenvalue weighted by molar-refractivity contribution is 7.99. The highest BCUT2D eigenvalue weighted by atomic mass is 35.5. The van der Waals surface area contributed by atoms with Crippen molar-refractivity contribution in [3.8, 4) is 6.07 Å². The Labute approximate surface area is 185 Å². The van der Waals surface area contributed by atoms with Gasteiger partial charge >= 0.3 is 0 Å². The molecule has 0 saturated heterocycles. The Balaban J connectivity index is 1.48. The van der Waals surface area contributed by atoms with Crippen LogP contribution >= 0.6 is 35.0 Å². The zero-order valence-electron chi connectivity index (χ0n) is 15.1. The van der Waals surface area contributed by atoms with E-state index in [1.807, 2.05) is 30.3 Å². The quantitative estimate of drug-likeness (QED) is 0.278. The summed E-state index contributed by atoms with van der Waals surface area (Å²) in [5.41, 5.74) is 2.10. The second-order valence-corrected chi connectivity index (χ2v) is 7.88. The Kier molecular flexibility index (Phi) is 5.81. The molecule has 4 rings (SSSR count). The minimum absolute atomic E-state index is 0.115. The minimum Gasteiger partial charge on any atom is -0.450 e. The Hall–Kier alpha value is -3.18. The number of nitrogens with one attached hydrogen (secondary N) is 2. The van der Waals surface area contributed by atoms with Crippen molar-refractivity contribution in [1.29, 1.82) is 5.26 Å². The largest absolute Gasteiger partial charge is 0.450 e. The number of fused-ring (bicyclic) bond motifs is 1. The number of anilines is 1. The van der Waals surface area contributed by atoms with Gasteiger partial charge in [0.2, 0.25) is 0 Å². The van der Waals surface area contributed by atoms with Crippen molar-refractivity contribution in [3.63, 3.8) is 0 Å². The molecule has 2 aromatic heterocycles. The summed E-state index contributed by atoms with van der Waals surface area (Å²) in [4.78, 5) is 20.1. The van der Waals surface area contributed by atoms with Crippen LogP contribution < -0.4 is 5.32 Å². The van der Waals surface area contributed by atoms with Crippen LogP contribution in [0.15, 0.2) is 74.8 Å². The van der Waals surface area contributed by atoms with Gasteiger partial charge in [0.25, 0.3) is 5.91 Å². The molecule has 0 unspecified atom stereocenters. The fourth-order valence-corrected chi connectivity index (χ4v) is 3.67. The van der Waals surface area contributed by atoms with E-state index >= 15 is 0 Å². The fourth-order valence-electron chi connectivity index (χ4n) is 2.60. The molecule has 0 saturated carbocycles. The number of benzene rings is 2. The Morgan fingerprint density at radius 3 is 2.77 bits per heavy atom. The van der Waals surface area contributed by atoms with E-state index < -0.39 is 5.91 Å². The zero-order valence-corrected chi connectivity index (χ0v) is 17.5. The van der Waals surface area contributed by atoms with Gasteiger partial charge in [0, 0.05) is 11.8 Å². The number of H-pyrrole nitrogens is 1. The molecule has 0 aliphatic heterocycles. The van der Waals surface area contributed by atoms with E-state index in [1.54, 1.807) is 24.3 Å². The maximum Gasteiger partial charge on any atom is 0.266 e. The van der Waals surface area contributed by atoms with Crippen molar-refractivity contribution in [2.24, 2.45) is 0 Å². The first-order chi connectivity index (χ1) is 14.5. The van der Waals surface area contributed by atoms with E-state index in [2.05, 4.69) is 15.3 Å². The van der Waals surface area contributed by atoms with Gasteiger partial charge < -0.3 is 14.7 Å². The summed E-state index contributed by atoms with van der Waals surface area (Å²) in [6.07, 6.45) is 1.37. The normalized spacial score (nSPS) is 11.4. The zero-order chi connectivity index (χ0) is 21.1. The summed E-state index contributed by atoms with van der Waals surface area (Å²) in [6.45, 7) is 0. The summed E-state index contributed by atoms with van der Waals surface area (Å²) in [6, 6.07) is 17.7. The molecule has 6 nitrogen and oxygen atoms in total. The molecule has 2 heterocycles. The molecule has 2 N–H and O–H groups in total. The van der Waals surface area contributed by atoms with Crippen LogP contribution in [-0.2, 0) is 4.79 Å². The van der Waals surface area contributed by atoms with Gasteiger partial charge in [-0.1, -0.05) is 35.3 Å². The van der Waals surface area contributed by atoms with Crippen LogP contribution in [0.25, 0.3) is 17.1 Å². The number of aromatic nitrogens is 2. The molecule has 1 amide bonds. The van der Waals surface area contributed by atoms with Gasteiger partial charge in [-0.25, -0.2) is 4.98 Å². The van der Waals surface area contributed by atoms with Gasteiger partial charge in [0.15, 0.2) is 10.2 Å². The first-order valence-corrected chi connectivity index (χ1v) is 10.2. The van der Waals surface area contributed by atoms with Gasteiger partial charge in [0.05, 0.1) is 21.1 Å². The number of carbonyl (C=O) groups excluding carboxylic acids is 1. The van der Waals surface area contributed by atoms with Crippen molar-refractivity contribution in [2.75, 3.05) is 5.32 Å². The fraction of sp³-hybridized carbons (Fsp3) is 0. The summed E-state index contributed by atoms with van der Waals surface area (Å²) in [7, 11) is 0. The van der Waals surface area contributed by atoms with E-state index in [-0.39, 0.29) is 5.57 Å². The number of hydrogen-bond acceptors (Lipinski definition) is 5. The lowest BCUT2D eigenvalue weighted by Gasteiger charge is -2.05. The molecule has 0 aliphatic carbocycles. The molecule has 0 spiro atoms. The van der Waals surface area contributed by atoms with Crippen molar-refractivity contribution >= 4 is 63.7 Å². The van der Waals surface area contributed by atoms with Gasteiger partial charge in [-0.05, 0) is 54.2 Å². The van der Waals surface area contributed by atoms with Crippen LogP contribution in [0.5, 0.6) is 0 Å². The molecule has 30 heavy (non-hydrogen) atoms. The van der Waals surface area contributed by atoms with Crippen molar-refractivity contribution in [3.05, 3.63) is 76.0 Å². The van der Waals surface area contributed by atoms with Crippen LogP contribution in [0.4, 0.5) is 5.69 Å². The average Bonchev–Trinajstić information content (AvgIpc) is 3.35. The molecule has 0 atom stereocenters. The molecule has 9 heteroatoms. The molecule has 2 aromatic carbocycles. The molecule has 0 aliphatic rings. The molecular formula is C21H12Cl2N4O2S. The topological polar surface area (TPSA) is 94.7 Å². The third-order valence-corrected chi connectivity index (χ3v) is 5.54. The molecule has 4 aromatic rings. The number of carbonyl (C=O) groups is 1. The van der Waals surface area contributed by atoms with Gasteiger partial charge in [0.1, 0.15) is 17.4 Å². The average molecular weight is 455 g/mol. The van der Waals surface area contributed by atoms with Crippen LogP contribution in [0, 0.1) is 11.3 Å². The lowest BCUT2D eigenvalue weighted by Crippen LogP contribution is -2.13. The number of halogens is 2. The molecular weight excluding hydrogens is 443 g/mol. The highest BCUT2D eigenvalue weighted by Crippen LogP contribution is 2.29. The van der Waals surface area contributed by atoms with E-state index in [9.17, 15) is 10.1 Å². The predicted octanol–water partition coefficient (Wildman–Crippen LogP) is 6.16. The van der Waals surface area contributed by atoms with Crippen LogP contribution in [0.1, 0.15) is 5.76 Å². The number of furan rings is 1. The van der Waals surface area contributed by atoms with Crippen molar-refractivity contribution in [2.45, 2.75) is 10.2 Å². The molecule has 0 bridgehead atoms. The van der Waals surface area contributed by atoms with Crippen LogP contribution in [-0.4, -0.2) is 15.9 Å². The van der Waals surface area contributed by atoms with E-state index in [4.69, 9.17) is 27.6 Å². The Morgan fingerprint density at radius 2 is 2.00 bits per heavy atom. The van der Waals surface area contributed by atoms with E-state index in [0.29, 0.717) is 31.7 Å². The van der Waals surface area contributed by atoms with Gasteiger partial charge in [-0.15, -0.1) is 0 Å².